The molecule has 0 radical (unpaired) electrons. The van der Waals surface area contributed by atoms with E-state index in [1.54, 1.807) is 4.68 Å². The number of aromatic nitrogens is 3. The first kappa shape index (κ1) is 15.8. The highest BCUT2D eigenvalue weighted by atomic mass is 79.9. The molecule has 1 aromatic carbocycles. The standard InChI is InChI=1S/C13H14BrF3N4/c1-8(2)21-12(19-7-20-21)6-18-11-5-9(13(15,16)17)3-4-10(11)14/h3-5,7-8,18H,6H2,1-2H3. The predicted octanol–water partition coefficient (Wildman–Crippen LogP) is 4.25. The molecule has 0 atom stereocenters. The van der Waals surface area contributed by atoms with Crippen molar-refractivity contribution >= 4 is 21.6 Å². The van der Waals surface area contributed by atoms with E-state index in [-0.39, 0.29) is 12.6 Å². The molecule has 0 amide bonds. The normalized spacial score (nSPS) is 12.0. The summed E-state index contributed by atoms with van der Waals surface area (Å²) in [6.45, 7) is 4.20. The number of rotatable bonds is 4. The van der Waals surface area contributed by atoms with E-state index in [0.29, 0.717) is 16.0 Å². The number of anilines is 1. The molecule has 1 heterocycles. The number of hydrogen-bond donors (Lipinski definition) is 1. The van der Waals surface area contributed by atoms with Crippen molar-refractivity contribution in [1.29, 1.82) is 0 Å². The van der Waals surface area contributed by atoms with Crippen molar-refractivity contribution < 1.29 is 13.2 Å². The number of nitrogens with one attached hydrogen (secondary N) is 1. The monoisotopic (exact) mass is 362 g/mol. The van der Waals surface area contributed by atoms with Crippen LogP contribution >= 0.6 is 15.9 Å². The number of benzene rings is 1. The van der Waals surface area contributed by atoms with Crippen LogP contribution in [0.5, 0.6) is 0 Å². The van der Waals surface area contributed by atoms with Gasteiger partial charge in [0.15, 0.2) is 0 Å². The maximum Gasteiger partial charge on any atom is 0.416 e. The van der Waals surface area contributed by atoms with Gasteiger partial charge in [-0.05, 0) is 48.0 Å². The summed E-state index contributed by atoms with van der Waals surface area (Å²) in [6.07, 6.45) is -2.94. The molecule has 2 aromatic rings. The molecule has 2 rings (SSSR count). The fourth-order valence-corrected chi connectivity index (χ4v) is 2.23. The predicted molar refractivity (Wildman–Crippen MR) is 76.9 cm³/mol. The minimum atomic E-state index is -4.37. The van der Waals surface area contributed by atoms with Crippen LogP contribution in [0.25, 0.3) is 0 Å². The van der Waals surface area contributed by atoms with Gasteiger partial charge in [-0.3, -0.25) is 0 Å². The lowest BCUT2D eigenvalue weighted by molar-refractivity contribution is -0.137. The molecule has 0 aliphatic rings. The molecule has 8 heteroatoms. The largest absolute Gasteiger partial charge is 0.416 e. The highest BCUT2D eigenvalue weighted by molar-refractivity contribution is 9.10. The van der Waals surface area contributed by atoms with E-state index in [1.165, 1.54) is 12.4 Å². The topological polar surface area (TPSA) is 42.7 Å². The zero-order chi connectivity index (χ0) is 15.6. The zero-order valence-corrected chi connectivity index (χ0v) is 13.0. The highest BCUT2D eigenvalue weighted by Gasteiger charge is 2.30. The Balaban J connectivity index is 2.18. The van der Waals surface area contributed by atoms with Gasteiger partial charge in [-0.2, -0.15) is 18.3 Å². The van der Waals surface area contributed by atoms with Gasteiger partial charge in [-0.25, -0.2) is 9.67 Å². The van der Waals surface area contributed by atoms with Gasteiger partial charge in [0.1, 0.15) is 12.2 Å². The van der Waals surface area contributed by atoms with Crippen molar-refractivity contribution in [3.63, 3.8) is 0 Å². The Morgan fingerprint density at radius 2 is 2.05 bits per heavy atom. The molecular formula is C13H14BrF3N4. The molecule has 0 spiro atoms. The first-order valence-electron chi connectivity index (χ1n) is 6.28. The third-order valence-electron chi connectivity index (χ3n) is 2.87. The van der Waals surface area contributed by atoms with Crippen LogP contribution in [0.3, 0.4) is 0 Å². The third kappa shape index (κ3) is 3.75. The Hall–Kier alpha value is -1.57. The summed E-state index contributed by atoms with van der Waals surface area (Å²) in [5.74, 6) is 0.661. The average molecular weight is 363 g/mol. The van der Waals surface area contributed by atoms with E-state index in [2.05, 4.69) is 31.3 Å². The van der Waals surface area contributed by atoms with Crippen molar-refractivity contribution in [3.05, 3.63) is 40.4 Å². The van der Waals surface area contributed by atoms with Crippen LogP contribution < -0.4 is 5.32 Å². The lowest BCUT2D eigenvalue weighted by Gasteiger charge is -2.14. The first-order valence-corrected chi connectivity index (χ1v) is 7.07. The van der Waals surface area contributed by atoms with Gasteiger partial charge >= 0.3 is 6.18 Å². The number of hydrogen-bond acceptors (Lipinski definition) is 3. The van der Waals surface area contributed by atoms with Gasteiger partial charge in [0.2, 0.25) is 0 Å². The molecule has 0 aliphatic carbocycles. The number of alkyl halides is 3. The third-order valence-corrected chi connectivity index (χ3v) is 3.56. The smallest absolute Gasteiger partial charge is 0.377 e. The second-order valence-electron chi connectivity index (χ2n) is 4.76. The van der Waals surface area contributed by atoms with E-state index in [1.807, 2.05) is 13.8 Å². The molecule has 0 fully saturated rings. The zero-order valence-electron chi connectivity index (χ0n) is 11.4. The highest BCUT2D eigenvalue weighted by Crippen LogP contribution is 2.34. The molecule has 4 nitrogen and oxygen atoms in total. The fraction of sp³-hybridized carbons (Fsp3) is 0.385. The van der Waals surface area contributed by atoms with Crippen molar-refractivity contribution in [3.8, 4) is 0 Å². The summed E-state index contributed by atoms with van der Waals surface area (Å²) >= 11 is 3.24. The molecule has 0 bridgehead atoms. The van der Waals surface area contributed by atoms with Crippen LogP contribution in [0.1, 0.15) is 31.3 Å². The molecule has 1 N–H and O–H groups in total. The van der Waals surface area contributed by atoms with Crippen LogP contribution in [0.15, 0.2) is 29.0 Å². The van der Waals surface area contributed by atoms with Crippen LogP contribution in [0.4, 0.5) is 18.9 Å². The summed E-state index contributed by atoms with van der Waals surface area (Å²) < 4.78 is 40.4. The van der Waals surface area contributed by atoms with Gasteiger partial charge in [-0.1, -0.05) is 0 Å². The Labute approximate surface area is 128 Å². The Morgan fingerprint density at radius 3 is 2.67 bits per heavy atom. The van der Waals surface area contributed by atoms with E-state index < -0.39 is 11.7 Å². The Bertz CT molecular complexity index is 622. The SMILES string of the molecule is CC(C)n1ncnc1CNc1cc(C(F)(F)F)ccc1Br. The van der Waals surface area contributed by atoms with E-state index in [0.717, 1.165) is 12.1 Å². The van der Waals surface area contributed by atoms with E-state index in [4.69, 9.17) is 0 Å². The average Bonchev–Trinajstić information content (AvgIpc) is 2.85. The molecule has 0 unspecified atom stereocenters. The maximum atomic E-state index is 12.7. The van der Waals surface area contributed by atoms with Gasteiger partial charge < -0.3 is 5.32 Å². The molecule has 114 valence electrons. The Kier molecular flexibility index (Phi) is 4.55. The van der Waals surface area contributed by atoms with Crippen LogP contribution in [-0.4, -0.2) is 14.8 Å². The van der Waals surface area contributed by atoms with Gasteiger partial charge in [-0.15, -0.1) is 0 Å². The summed E-state index contributed by atoms with van der Waals surface area (Å²) in [7, 11) is 0. The minimum Gasteiger partial charge on any atom is -0.377 e. The summed E-state index contributed by atoms with van der Waals surface area (Å²) in [5.41, 5.74) is -0.332. The molecule has 0 saturated carbocycles. The van der Waals surface area contributed by atoms with Gasteiger partial charge in [0.05, 0.1) is 12.1 Å². The van der Waals surface area contributed by atoms with Crippen LogP contribution in [0, 0.1) is 0 Å². The quantitative estimate of drug-likeness (QED) is 0.883. The fourth-order valence-electron chi connectivity index (χ4n) is 1.84. The van der Waals surface area contributed by atoms with Crippen LogP contribution in [-0.2, 0) is 12.7 Å². The lowest BCUT2D eigenvalue weighted by Crippen LogP contribution is -2.13. The van der Waals surface area contributed by atoms with Crippen molar-refractivity contribution in [2.24, 2.45) is 0 Å². The van der Waals surface area contributed by atoms with Crippen molar-refractivity contribution in [1.82, 2.24) is 14.8 Å². The van der Waals surface area contributed by atoms with Crippen molar-refractivity contribution in [2.45, 2.75) is 32.6 Å². The Morgan fingerprint density at radius 1 is 1.33 bits per heavy atom. The summed E-state index contributed by atoms with van der Waals surface area (Å²) in [5, 5.41) is 7.03. The summed E-state index contributed by atoms with van der Waals surface area (Å²) in [6, 6.07) is 3.61. The number of nitrogens with zero attached hydrogens (tertiary/aromatic N) is 3. The second kappa shape index (κ2) is 6.05. The summed E-state index contributed by atoms with van der Waals surface area (Å²) in [4.78, 5) is 4.11. The van der Waals surface area contributed by atoms with E-state index in [9.17, 15) is 13.2 Å². The minimum absolute atomic E-state index is 0.134. The second-order valence-corrected chi connectivity index (χ2v) is 5.61. The molecular weight excluding hydrogens is 349 g/mol. The molecule has 0 saturated heterocycles. The molecule has 0 aliphatic heterocycles. The first-order chi connectivity index (χ1) is 9.79. The van der Waals surface area contributed by atoms with Gasteiger partial charge in [0.25, 0.3) is 0 Å². The maximum absolute atomic E-state index is 12.7. The van der Waals surface area contributed by atoms with Crippen molar-refractivity contribution in [2.75, 3.05) is 5.32 Å². The molecule has 21 heavy (non-hydrogen) atoms. The van der Waals surface area contributed by atoms with E-state index >= 15 is 0 Å². The number of halogens is 4. The lowest BCUT2D eigenvalue weighted by atomic mass is 10.2. The molecule has 1 aromatic heterocycles. The van der Waals surface area contributed by atoms with Crippen LogP contribution in [0.2, 0.25) is 0 Å². The van der Waals surface area contributed by atoms with Gasteiger partial charge in [0, 0.05) is 16.2 Å².